The van der Waals surface area contributed by atoms with Crippen LogP contribution in [0, 0.1) is 0 Å². The Morgan fingerprint density at radius 1 is 1.03 bits per heavy atom. The molecule has 0 fully saturated rings. The number of sulfonamides is 1. The van der Waals surface area contributed by atoms with Crippen LogP contribution in [0.4, 0.5) is 0 Å². The summed E-state index contributed by atoms with van der Waals surface area (Å²) in [7, 11) is -3.59. The molecule has 0 aliphatic heterocycles. The largest absolute Gasteiger partial charge is 0.481 e. The number of aromatic nitrogens is 1. The number of carboxylic acids is 1. The maximum Gasteiger partial charge on any atom is 0.307 e. The predicted octanol–water partition coefficient (Wildman–Crippen LogP) is 4.81. The summed E-state index contributed by atoms with van der Waals surface area (Å²) in [6.07, 6.45) is 8.26. The van der Waals surface area contributed by atoms with Gasteiger partial charge < -0.3 is 5.11 Å². The molecule has 3 aromatic rings. The van der Waals surface area contributed by atoms with Gasteiger partial charge >= 0.3 is 5.97 Å². The van der Waals surface area contributed by atoms with Crippen molar-refractivity contribution in [2.75, 3.05) is 6.54 Å². The fraction of sp³-hybridized carbons (Fsp3) is 0.200. The van der Waals surface area contributed by atoms with Crippen molar-refractivity contribution in [2.24, 2.45) is 0 Å². The molecule has 3 rings (SSSR count). The third-order valence-electron chi connectivity index (χ3n) is 5.13. The van der Waals surface area contributed by atoms with Gasteiger partial charge in [-0.3, -0.25) is 9.78 Å². The number of aliphatic carboxylic acids is 1. The van der Waals surface area contributed by atoms with Crippen LogP contribution < -0.4 is 4.72 Å². The molecule has 0 radical (unpaired) electrons. The zero-order chi connectivity index (χ0) is 23.7. The number of benzene rings is 2. The van der Waals surface area contributed by atoms with Crippen molar-refractivity contribution in [3.05, 3.63) is 107 Å². The fourth-order valence-corrected chi connectivity index (χ4v) is 4.56. The first-order valence-electron chi connectivity index (χ1n) is 10.5. The molecule has 0 saturated carbocycles. The zero-order valence-corrected chi connectivity index (χ0v) is 19.5. The standard InChI is InChI=1S/C25H25ClN2O4S/c26-22-11-13-23(14-12-22)33(31,32)28-17-15-19-7-9-20(10-8-19)24(5-1-2-6-25(29)30)21-4-3-16-27-18-21/h1-4,7-14,16,18,24,28H,5-6,15,17H2,(H,29,30). The van der Waals surface area contributed by atoms with E-state index in [0.717, 1.165) is 16.7 Å². The molecule has 33 heavy (non-hydrogen) atoms. The Morgan fingerprint density at radius 3 is 2.39 bits per heavy atom. The number of carbonyl (C=O) groups is 1. The van der Waals surface area contributed by atoms with E-state index >= 15 is 0 Å². The number of nitrogens with zero attached hydrogens (tertiary/aromatic N) is 1. The van der Waals surface area contributed by atoms with Crippen LogP contribution in [0.1, 0.15) is 35.4 Å². The molecular weight excluding hydrogens is 460 g/mol. The lowest BCUT2D eigenvalue weighted by molar-refractivity contribution is -0.136. The fourth-order valence-electron chi connectivity index (χ4n) is 3.41. The molecule has 8 heteroatoms. The minimum atomic E-state index is -3.59. The van der Waals surface area contributed by atoms with Crippen LogP contribution in [0.15, 0.2) is 90.1 Å². The number of pyridine rings is 1. The summed E-state index contributed by atoms with van der Waals surface area (Å²) in [6.45, 7) is 0.272. The van der Waals surface area contributed by atoms with Gasteiger partial charge in [0, 0.05) is 29.9 Å². The first kappa shape index (κ1) is 24.6. The van der Waals surface area contributed by atoms with E-state index in [-0.39, 0.29) is 23.8 Å². The molecule has 0 bridgehead atoms. The Kier molecular flexibility index (Phi) is 8.77. The molecule has 1 aromatic heterocycles. The van der Waals surface area contributed by atoms with Gasteiger partial charge in [0.05, 0.1) is 11.3 Å². The number of rotatable bonds is 11. The van der Waals surface area contributed by atoms with Crippen molar-refractivity contribution >= 4 is 27.6 Å². The summed E-state index contributed by atoms with van der Waals surface area (Å²) in [4.78, 5) is 15.1. The summed E-state index contributed by atoms with van der Waals surface area (Å²) >= 11 is 5.82. The molecule has 0 aliphatic carbocycles. The van der Waals surface area contributed by atoms with E-state index in [9.17, 15) is 13.2 Å². The van der Waals surface area contributed by atoms with Crippen LogP contribution in [0.3, 0.4) is 0 Å². The quantitative estimate of drug-likeness (QED) is 0.381. The van der Waals surface area contributed by atoms with Crippen LogP contribution in [-0.2, 0) is 21.2 Å². The van der Waals surface area contributed by atoms with Crippen LogP contribution >= 0.6 is 11.6 Å². The van der Waals surface area contributed by atoms with Crippen molar-refractivity contribution in [1.82, 2.24) is 9.71 Å². The van der Waals surface area contributed by atoms with E-state index in [1.54, 1.807) is 24.4 Å². The van der Waals surface area contributed by atoms with Gasteiger partial charge in [-0.1, -0.05) is 54.1 Å². The minimum Gasteiger partial charge on any atom is -0.481 e. The third-order valence-corrected chi connectivity index (χ3v) is 6.86. The van der Waals surface area contributed by atoms with E-state index in [1.807, 2.05) is 48.7 Å². The molecule has 0 amide bonds. The lowest BCUT2D eigenvalue weighted by Crippen LogP contribution is -2.25. The molecular formula is C25H25ClN2O4S. The van der Waals surface area contributed by atoms with E-state index < -0.39 is 16.0 Å². The van der Waals surface area contributed by atoms with Gasteiger partial charge in [-0.05, 0) is 59.9 Å². The molecule has 172 valence electrons. The monoisotopic (exact) mass is 484 g/mol. The summed E-state index contributed by atoms with van der Waals surface area (Å²) in [5.41, 5.74) is 3.12. The second-order valence-electron chi connectivity index (χ2n) is 7.49. The summed E-state index contributed by atoms with van der Waals surface area (Å²) < 4.78 is 27.4. The van der Waals surface area contributed by atoms with Crippen molar-refractivity contribution in [3.63, 3.8) is 0 Å². The zero-order valence-electron chi connectivity index (χ0n) is 17.9. The average Bonchev–Trinajstić information content (AvgIpc) is 2.80. The highest BCUT2D eigenvalue weighted by atomic mass is 35.5. The Labute approximate surface area is 199 Å². The number of carboxylic acid groups (broad SMARTS) is 1. The predicted molar refractivity (Wildman–Crippen MR) is 129 cm³/mol. The number of nitrogens with one attached hydrogen (secondary N) is 1. The molecule has 0 saturated heterocycles. The summed E-state index contributed by atoms with van der Waals surface area (Å²) in [5, 5.41) is 9.31. The average molecular weight is 485 g/mol. The first-order chi connectivity index (χ1) is 15.8. The van der Waals surface area contributed by atoms with E-state index in [4.69, 9.17) is 16.7 Å². The van der Waals surface area contributed by atoms with Gasteiger partial charge in [0.25, 0.3) is 0 Å². The maximum absolute atomic E-state index is 12.4. The minimum absolute atomic E-state index is 0.00930. The molecule has 1 atom stereocenters. The second-order valence-corrected chi connectivity index (χ2v) is 9.69. The van der Waals surface area contributed by atoms with E-state index in [1.165, 1.54) is 12.1 Å². The summed E-state index contributed by atoms with van der Waals surface area (Å²) in [6, 6.07) is 17.9. The second kappa shape index (κ2) is 11.7. The Bertz CT molecular complexity index is 1180. The van der Waals surface area contributed by atoms with Gasteiger partial charge in [0.15, 0.2) is 0 Å². The Morgan fingerprint density at radius 2 is 1.76 bits per heavy atom. The van der Waals surface area contributed by atoms with Crippen LogP contribution in [0.5, 0.6) is 0 Å². The number of halogens is 1. The van der Waals surface area contributed by atoms with Crippen LogP contribution in [-0.4, -0.2) is 31.0 Å². The van der Waals surface area contributed by atoms with E-state index in [0.29, 0.717) is 17.9 Å². The number of hydrogen-bond donors (Lipinski definition) is 2. The summed E-state index contributed by atoms with van der Waals surface area (Å²) in [5.74, 6) is -0.818. The Balaban J connectivity index is 1.64. The van der Waals surface area contributed by atoms with Crippen molar-refractivity contribution in [2.45, 2.75) is 30.1 Å². The van der Waals surface area contributed by atoms with Gasteiger partial charge in [-0.15, -0.1) is 0 Å². The highest BCUT2D eigenvalue weighted by Gasteiger charge is 2.15. The SMILES string of the molecule is O=C(O)CC=CCC(c1ccc(CCNS(=O)(=O)c2ccc(Cl)cc2)cc1)c1cccnc1. The maximum atomic E-state index is 12.4. The lowest BCUT2D eigenvalue weighted by atomic mass is 9.88. The smallest absolute Gasteiger partial charge is 0.307 e. The number of allylic oxidation sites excluding steroid dienone is 1. The first-order valence-corrected chi connectivity index (χ1v) is 12.3. The van der Waals surface area contributed by atoms with Gasteiger partial charge in [0.2, 0.25) is 10.0 Å². The Hall–Kier alpha value is -3.00. The van der Waals surface area contributed by atoms with E-state index in [2.05, 4.69) is 9.71 Å². The third kappa shape index (κ3) is 7.53. The van der Waals surface area contributed by atoms with Gasteiger partial charge in [-0.25, -0.2) is 13.1 Å². The molecule has 1 heterocycles. The van der Waals surface area contributed by atoms with Gasteiger partial charge in [0.1, 0.15) is 0 Å². The van der Waals surface area contributed by atoms with Crippen molar-refractivity contribution < 1.29 is 18.3 Å². The molecule has 2 aromatic carbocycles. The topological polar surface area (TPSA) is 96.4 Å². The normalized spacial score (nSPS) is 12.6. The molecule has 6 nitrogen and oxygen atoms in total. The van der Waals surface area contributed by atoms with Crippen LogP contribution in [0.2, 0.25) is 5.02 Å². The lowest BCUT2D eigenvalue weighted by Gasteiger charge is -2.16. The van der Waals surface area contributed by atoms with Crippen molar-refractivity contribution in [3.8, 4) is 0 Å². The molecule has 2 N–H and O–H groups in total. The highest BCUT2D eigenvalue weighted by Crippen LogP contribution is 2.28. The highest BCUT2D eigenvalue weighted by molar-refractivity contribution is 7.89. The number of hydrogen-bond acceptors (Lipinski definition) is 4. The van der Waals surface area contributed by atoms with Gasteiger partial charge in [-0.2, -0.15) is 0 Å². The van der Waals surface area contributed by atoms with Crippen molar-refractivity contribution in [1.29, 1.82) is 0 Å². The van der Waals surface area contributed by atoms with Crippen LogP contribution in [0.25, 0.3) is 0 Å². The molecule has 0 spiro atoms. The molecule has 0 aliphatic rings. The molecule has 1 unspecified atom stereocenters.